The number of carbonyl (C=O) groups excluding carboxylic acids is 2. The Balaban J connectivity index is 2.04. The van der Waals surface area contributed by atoms with Crippen molar-refractivity contribution in [3.8, 4) is 0 Å². The van der Waals surface area contributed by atoms with E-state index in [1.54, 1.807) is 0 Å². The number of ketones is 1. The summed E-state index contributed by atoms with van der Waals surface area (Å²) < 4.78 is 1.01. The van der Waals surface area contributed by atoms with Crippen molar-refractivity contribution >= 4 is 27.7 Å². The number of hydrogen-bond acceptors (Lipinski definition) is 2. The topological polar surface area (TPSA) is 72.2 Å². The maximum atomic E-state index is 12.6. The smallest absolute Gasteiger partial charge is 0.312 e. The van der Waals surface area contributed by atoms with Crippen molar-refractivity contribution < 1.29 is 9.59 Å². The number of benzene rings is 2. The average molecular weight is 389 g/mol. The lowest BCUT2D eigenvalue weighted by Gasteiger charge is -2.24. The van der Waals surface area contributed by atoms with Gasteiger partial charge in [0.15, 0.2) is 0 Å². The second kappa shape index (κ2) is 8.64. The molecule has 0 aromatic heterocycles. The molecule has 24 heavy (non-hydrogen) atoms. The summed E-state index contributed by atoms with van der Waals surface area (Å²) >= 11 is 3.40. The number of carbonyl (C=O) groups is 2. The van der Waals surface area contributed by atoms with E-state index in [1.165, 1.54) is 0 Å². The van der Waals surface area contributed by atoms with Gasteiger partial charge in [0.1, 0.15) is 5.78 Å². The van der Waals surface area contributed by atoms with Crippen LogP contribution in [-0.4, -0.2) is 11.8 Å². The van der Waals surface area contributed by atoms with Crippen LogP contribution in [0.5, 0.6) is 0 Å². The van der Waals surface area contributed by atoms with Gasteiger partial charge in [0.25, 0.3) is 0 Å². The third-order valence-electron chi connectivity index (χ3n) is 4.04. The third-order valence-corrected chi connectivity index (χ3v) is 4.57. The largest absolute Gasteiger partial charge is 0.352 e. The van der Waals surface area contributed by atoms with Crippen molar-refractivity contribution in [2.75, 3.05) is 0 Å². The number of urea groups is 1. The number of primary amides is 1. The van der Waals surface area contributed by atoms with Crippen LogP contribution in [0.3, 0.4) is 0 Å². The summed E-state index contributed by atoms with van der Waals surface area (Å²) in [7, 11) is 0. The molecule has 0 aliphatic heterocycles. The first-order valence-corrected chi connectivity index (χ1v) is 8.64. The van der Waals surface area contributed by atoms with Gasteiger partial charge >= 0.3 is 6.03 Å². The highest BCUT2D eigenvalue weighted by Gasteiger charge is 2.26. The normalized spacial score (nSPS) is 13.1. The van der Waals surface area contributed by atoms with Gasteiger partial charge in [-0.2, -0.15) is 0 Å². The number of aryl methyl sites for hydroxylation is 1. The van der Waals surface area contributed by atoms with Crippen LogP contribution in [0.25, 0.3) is 0 Å². The molecule has 0 saturated carbocycles. The Labute approximate surface area is 150 Å². The molecule has 0 saturated heterocycles. The van der Waals surface area contributed by atoms with E-state index in [0.717, 1.165) is 15.6 Å². The van der Waals surface area contributed by atoms with Crippen molar-refractivity contribution in [1.82, 2.24) is 5.32 Å². The SMILES string of the molecule is C[C@@H](C(=O)CCc1ccc(Br)cc1)[C@@H](NC(N)=O)c1ccccc1. The molecule has 2 aromatic carbocycles. The fourth-order valence-electron chi connectivity index (χ4n) is 2.64. The van der Waals surface area contributed by atoms with Crippen molar-refractivity contribution in [2.24, 2.45) is 11.7 Å². The molecule has 0 radical (unpaired) electrons. The Morgan fingerprint density at radius 2 is 1.71 bits per heavy atom. The van der Waals surface area contributed by atoms with E-state index in [0.29, 0.717) is 12.8 Å². The Bertz CT molecular complexity index is 686. The highest BCUT2D eigenvalue weighted by Crippen LogP contribution is 2.24. The molecule has 0 heterocycles. The Morgan fingerprint density at radius 1 is 1.08 bits per heavy atom. The molecule has 0 unspecified atom stereocenters. The lowest BCUT2D eigenvalue weighted by molar-refractivity contribution is -0.123. The van der Waals surface area contributed by atoms with Gasteiger partial charge in [0.2, 0.25) is 0 Å². The maximum absolute atomic E-state index is 12.6. The number of nitrogens with one attached hydrogen (secondary N) is 1. The Morgan fingerprint density at radius 3 is 2.29 bits per heavy atom. The predicted molar refractivity (Wildman–Crippen MR) is 98.5 cm³/mol. The van der Waals surface area contributed by atoms with Gasteiger partial charge in [0.05, 0.1) is 6.04 Å². The molecule has 0 bridgehead atoms. The third kappa shape index (κ3) is 5.20. The molecule has 5 heteroatoms. The number of amides is 2. The zero-order chi connectivity index (χ0) is 17.5. The molecule has 2 amide bonds. The van der Waals surface area contributed by atoms with E-state index < -0.39 is 12.1 Å². The minimum absolute atomic E-state index is 0.0977. The standard InChI is InChI=1S/C19H21BrN2O2/c1-13(17(23)12-9-14-7-10-16(20)11-8-14)18(22-19(21)24)15-5-3-2-4-6-15/h2-8,10-11,13,18H,9,12H2,1H3,(H3,21,22,24)/t13-,18+/m0/s1. The minimum atomic E-state index is -0.628. The minimum Gasteiger partial charge on any atom is -0.352 e. The first-order chi connectivity index (χ1) is 11.5. The first-order valence-electron chi connectivity index (χ1n) is 7.85. The van der Waals surface area contributed by atoms with Gasteiger partial charge in [-0.15, -0.1) is 0 Å². The lowest BCUT2D eigenvalue weighted by atomic mass is 9.88. The summed E-state index contributed by atoms with van der Waals surface area (Å²) in [6.45, 7) is 1.83. The molecule has 3 N–H and O–H groups in total. The summed E-state index contributed by atoms with van der Waals surface area (Å²) in [5, 5.41) is 2.69. The van der Waals surface area contributed by atoms with Crippen LogP contribution in [0.2, 0.25) is 0 Å². The predicted octanol–water partition coefficient (Wildman–Crippen LogP) is 4.00. The van der Waals surface area contributed by atoms with Crippen LogP contribution in [0.15, 0.2) is 59.1 Å². The summed E-state index contributed by atoms with van der Waals surface area (Å²) in [4.78, 5) is 23.9. The molecule has 0 aliphatic rings. The van der Waals surface area contributed by atoms with E-state index in [-0.39, 0.29) is 11.7 Å². The Kier molecular flexibility index (Phi) is 6.55. The second-order valence-corrected chi connectivity index (χ2v) is 6.69. The molecule has 2 aromatic rings. The summed E-state index contributed by atoms with van der Waals surface area (Å²) in [5.74, 6) is -0.254. The van der Waals surface area contributed by atoms with E-state index >= 15 is 0 Å². The molecule has 2 rings (SSSR count). The van der Waals surface area contributed by atoms with Crippen molar-refractivity contribution in [3.63, 3.8) is 0 Å². The number of Topliss-reactive ketones (excluding diaryl/α,β-unsaturated/α-hetero) is 1. The van der Waals surface area contributed by atoms with Crippen LogP contribution < -0.4 is 11.1 Å². The highest BCUT2D eigenvalue weighted by atomic mass is 79.9. The number of halogens is 1. The van der Waals surface area contributed by atoms with E-state index in [1.807, 2.05) is 61.5 Å². The van der Waals surface area contributed by atoms with Crippen LogP contribution in [0, 0.1) is 5.92 Å². The van der Waals surface area contributed by atoms with Gasteiger partial charge in [0, 0.05) is 16.8 Å². The highest BCUT2D eigenvalue weighted by molar-refractivity contribution is 9.10. The molecule has 126 valence electrons. The monoisotopic (exact) mass is 388 g/mol. The summed E-state index contributed by atoms with van der Waals surface area (Å²) in [6, 6.07) is 16.3. The van der Waals surface area contributed by atoms with Crippen LogP contribution in [0.1, 0.15) is 30.5 Å². The van der Waals surface area contributed by atoms with Crippen LogP contribution in [-0.2, 0) is 11.2 Å². The van der Waals surface area contributed by atoms with E-state index in [9.17, 15) is 9.59 Å². The first kappa shape index (κ1) is 18.2. The van der Waals surface area contributed by atoms with E-state index in [2.05, 4.69) is 21.2 Å². The number of rotatable bonds is 7. The summed E-state index contributed by atoms with van der Waals surface area (Å²) in [5.41, 5.74) is 7.27. The lowest BCUT2D eigenvalue weighted by Crippen LogP contribution is -2.38. The quantitative estimate of drug-likeness (QED) is 0.752. The summed E-state index contributed by atoms with van der Waals surface area (Å²) in [6.07, 6.45) is 1.10. The molecule has 0 aliphatic carbocycles. The zero-order valence-electron chi connectivity index (χ0n) is 13.5. The maximum Gasteiger partial charge on any atom is 0.312 e. The van der Waals surface area contributed by atoms with Gasteiger partial charge in [-0.1, -0.05) is 65.3 Å². The fourth-order valence-corrected chi connectivity index (χ4v) is 2.91. The van der Waals surface area contributed by atoms with Gasteiger partial charge < -0.3 is 11.1 Å². The van der Waals surface area contributed by atoms with Crippen LogP contribution in [0.4, 0.5) is 4.79 Å². The second-order valence-electron chi connectivity index (χ2n) is 5.78. The molecule has 0 fully saturated rings. The molecule has 4 nitrogen and oxygen atoms in total. The average Bonchev–Trinajstić information content (AvgIpc) is 2.59. The van der Waals surface area contributed by atoms with Gasteiger partial charge in [-0.3, -0.25) is 4.79 Å². The van der Waals surface area contributed by atoms with Crippen molar-refractivity contribution in [2.45, 2.75) is 25.8 Å². The number of nitrogens with two attached hydrogens (primary N) is 1. The van der Waals surface area contributed by atoms with Crippen molar-refractivity contribution in [3.05, 3.63) is 70.2 Å². The number of hydrogen-bond donors (Lipinski definition) is 2. The van der Waals surface area contributed by atoms with Crippen molar-refractivity contribution in [1.29, 1.82) is 0 Å². The van der Waals surface area contributed by atoms with Gasteiger partial charge in [-0.05, 0) is 29.7 Å². The molecule has 0 spiro atoms. The fraction of sp³-hybridized carbons (Fsp3) is 0.263. The molecular weight excluding hydrogens is 368 g/mol. The Hall–Kier alpha value is -2.14. The van der Waals surface area contributed by atoms with Gasteiger partial charge in [-0.25, -0.2) is 4.79 Å². The molecular formula is C19H21BrN2O2. The van der Waals surface area contributed by atoms with E-state index in [4.69, 9.17) is 5.73 Å². The molecule has 2 atom stereocenters. The van der Waals surface area contributed by atoms with Crippen LogP contribution >= 0.6 is 15.9 Å². The zero-order valence-corrected chi connectivity index (χ0v) is 15.1.